The van der Waals surface area contributed by atoms with E-state index in [1.807, 2.05) is 42.5 Å². The van der Waals surface area contributed by atoms with Crippen LogP contribution in [-0.2, 0) is 4.57 Å². The van der Waals surface area contributed by atoms with E-state index in [2.05, 4.69) is 5.09 Å². The van der Waals surface area contributed by atoms with Crippen LogP contribution in [0.4, 0.5) is 27.6 Å². The molecule has 0 saturated carbocycles. The number of halogens is 5. The van der Waals surface area contributed by atoms with Gasteiger partial charge in [-0.25, -0.2) is 22.0 Å². The summed E-state index contributed by atoms with van der Waals surface area (Å²) in [6, 6.07) is 24.8. The minimum atomic E-state index is -4.26. The quantitative estimate of drug-likeness (QED) is 0.106. The second kappa shape index (κ2) is 9.73. The third-order valence-corrected chi connectivity index (χ3v) is 8.99. The molecule has 38 heavy (non-hydrogen) atoms. The molecule has 1 unspecified atom stereocenters. The highest BCUT2D eigenvalue weighted by Crippen LogP contribution is 2.48. The molecule has 1 atom stereocenters. The molecule has 0 spiro atoms. The van der Waals surface area contributed by atoms with Gasteiger partial charge in [0.15, 0.2) is 23.3 Å². The molecular formula is C30H21F5NOP. The summed E-state index contributed by atoms with van der Waals surface area (Å²) in [7, 11) is -4.26. The van der Waals surface area contributed by atoms with Gasteiger partial charge >= 0.3 is 0 Å². The molecule has 5 aromatic rings. The summed E-state index contributed by atoms with van der Waals surface area (Å²) in [5.74, 6) is -10.7. The fourth-order valence-electron chi connectivity index (χ4n) is 4.45. The predicted octanol–water partition coefficient (Wildman–Crippen LogP) is 8.16. The maximum absolute atomic E-state index is 15.0. The van der Waals surface area contributed by atoms with E-state index >= 15 is 0 Å². The van der Waals surface area contributed by atoms with Gasteiger partial charge in [0.25, 0.3) is 0 Å². The van der Waals surface area contributed by atoms with Crippen molar-refractivity contribution in [3.63, 3.8) is 0 Å². The summed E-state index contributed by atoms with van der Waals surface area (Å²) in [4.78, 5) is 0. The second-order valence-electron chi connectivity index (χ2n) is 9.09. The number of benzene rings is 5. The van der Waals surface area contributed by atoms with Gasteiger partial charge in [0.05, 0.1) is 0 Å². The van der Waals surface area contributed by atoms with E-state index in [1.54, 1.807) is 50.2 Å². The Morgan fingerprint density at radius 3 is 1.92 bits per heavy atom. The van der Waals surface area contributed by atoms with E-state index in [-0.39, 0.29) is 10.6 Å². The number of fused-ring (bicyclic) bond motifs is 1. The number of anilines is 1. The zero-order chi connectivity index (χ0) is 27.2. The lowest BCUT2D eigenvalue weighted by Crippen LogP contribution is -2.25. The van der Waals surface area contributed by atoms with Crippen molar-refractivity contribution >= 4 is 34.4 Å². The van der Waals surface area contributed by atoms with Crippen LogP contribution in [0, 0.1) is 42.9 Å². The number of hydrogen-bond acceptors (Lipinski definition) is 1. The Hall–Kier alpha value is -3.96. The maximum Gasteiger partial charge on any atom is 0.227 e. The number of hydrogen-bond donors (Lipinski definition) is 1. The molecule has 1 N–H and O–H groups in total. The zero-order valence-corrected chi connectivity index (χ0v) is 21.2. The molecule has 8 heteroatoms. The monoisotopic (exact) mass is 537 g/mol. The van der Waals surface area contributed by atoms with Crippen molar-refractivity contribution in [2.75, 3.05) is 5.09 Å². The largest absolute Gasteiger partial charge is 0.324 e. The Labute approximate surface area is 216 Å². The summed E-state index contributed by atoms with van der Waals surface area (Å²) in [6.45, 7) is 3.50. The first kappa shape index (κ1) is 25.7. The zero-order valence-electron chi connectivity index (χ0n) is 20.3. The van der Waals surface area contributed by atoms with Gasteiger partial charge in [-0.15, -0.1) is 0 Å². The Balaban J connectivity index is 1.81. The lowest BCUT2D eigenvalue weighted by atomic mass is 10.0. The molecule has 5 rings (SSSR count). The van der Waals surface area contributed by atoms with Gasteiger partial charge in [-0.3, -0.25) is 4.57 Å². The predicted molar refractivity (Wildman–Crippen MR) is 142 cm³/mol. The van der Waals surface area contributed by atoms with E-state index in [9.17, 15) is 26.5 Å². The van der Waals surface area contributed by atoms with Crippen LogP contribution in [0.1, 0.15) is 11.1 Å². The van der Waals surface area contributed by atoms with E-state index in [0.29, 0.717) is 22.3 Å². The van der Waals surface area contributed by atoms with Crippen LogP contribution in [0.5, 0.6) is 0 Å². The number of aryl methyl sites for hydroxylation is 2. The molecule has 0 radical (unpaired) electrons. The van der Waals surface area contributed by atoms with Gasteiger partial charge in [-0.1, -0.05) is 71.8 Å². The molecule has 192 valence electrons. The fourth-order valence-corrected chi connectivity index (χ4v) is 7.10. The van der Waals surface area contributed by atoms with Gasteiger partial charge < -0.3 is 5.09 Å². The first-order valence-corrected chi connectivity index (χ1v) is 13.4. The highest BCUT2D eigenvalue weighted by atomic mass is 31.2. The smallest absolute Gasteiger partial charge is 0.227 e. The second-order valence-corrected chi connectivity index (χ2v) is 11.5. The average Bonchev–Trinajstić information content (AvgIpc) is 2.92. The molecule has 0 saturated heterocycles. The Bertz CT molecular complexity index is 1740. The van der Waals surface area contributed by atoms with Crippen molar-refractivity contribution < 1.29 is 26.5 Å². The summed E-state index contributed by atoms with van der Waals surface area (Å²) in [6.07, 6.45) is 0. The molecule has 0 aliphatic carbocycles. The SMILES string of the molecule is Cc1cccc(P(=O)(Nc2c(F)c(F)c(F)c(F)c2F)c2cc(C)ccc2-c2ccc3ccccc3c2)c1. The molecule has 5 aromatic carbocycles. The first-order valence-electron chi connectivity index (χ1n) is 11.7. The van der Waals surface area contributed by atoms with Crippen molar-refractivity contribution in [2.45, 2.75) is 13.8 Å². The van der Waals surface area contributed by atoms with Crippen LogP contribution in [0.3, 0.4) is 0 Å². The molecule has 0 heterocycles. The number of nitrogens with one attached hydrogen (secondary N) is 1. The lowest BCUT2D eigenvalue weighted by Gasteiger charge is -2.26. The van der Waals surface area contributed by atoms with E-state index in [1.165, 1.54) is 6.07 Å². The standard InChI is InChI=1S/C30H21F5NOP/c1-17-6-5-9-22(14-17)38(37,36-30-28(34)26(32)25(31)27(33)29(30)35)24-15-18(2)10-13-23(24)21-12-11-19-7-3-4-8-20(19)16-21/h3-16H,1-2H3,(H,36,37). The summed E-state index contributed by atoms with van der Waals surface area (Å²) in [5.41, 5.74) is 1.20. The average molecular weight is 537 g/mol. The van der Waals surface area contributed by atoms with Crippen molar-refractivity contribution in [3.05, 3.63) is 125 Å². The van der Waals surface area contributed by atoms with E-state index < -0.39 is 42.1 Å². The van der Waals surface area contributed by atoms with Gasteiger partial charge in [0, 0.05) is 10.6 Å². The molecule has 0 aliphatic rings. The van der Waals surface area contributed by atoms with Crippen LogP contribution in [0.15, 0.2) is 84.9 Å². The number of rotatable bonds is 5. The summed E-state index contributed by atoms with van der Waals surface area (Å²) >= 11 is 0. The summed E-state index contributed by atoms with van der Waals surface area (Å²) in [5, 5.41) is 4.50. The van der Waals surface area contributed by atoms with Crippen LogP contribution in [-0.4, -0.2) is 0 Å². The van der Waals surface area contributed by atoms with Gasteiger partial charge in [-0.2, -0.15) is 0 Å². The molecule has 0 aromatic heterocycles. The molecule has 0 fully saturated rings. The third-order valence-electron chi connectivity index (χ3n) is 6.40. The highest BCUT2D eigenvalue weighted by Gasteiger charge is 2.35. The first-order chi connectivity index (χ1) is 18.1. The van der Waals surface area contributed by atoms with Crippen LogP contribution in [0.25, 0.3) is 21.9 Å². The minimum absolute atomic E-state index is 0.147. The molecular weight excluding hydrogens is 516 g/mol. The van der Waals surface area contributed by atoms with Gasteiger partial charge in [0.2, 0.25) is 13.1 Å². The topological polar surface area (TPSA) is 29.1 Å². The van der Waals surface area contributed by atoms with Crippen molar-refractivity contribution in [1.82, 2.24) is 0 Å². The Kier molecular flexibility index (Phi) is 6.58. The highest BCUT2D eigenvalue weighted by molar-refractivity contribution is 7.80. The Morgan fingerprint density at radius 1 is 0.605 bits per heavy atom. The normalized spacial score (nSPS) is 12.9. The van der Waals surface area contributed by atoms with E-state index in [4.69, 9.17) is 0 Å². The fraction of sp³-hybridized carbons (Fsp3) is 0.0667. The minimum Gasteiger partial charge on any atom is -0.324 e. The van der Waals surface area contributed by atoms with Crippen molar-refractivity contribution in [1.29, 1.82) is 0 Å². The molecule has 0 aliphatic heterocycles. The lowest BCUT2D eigenvalue weighted by molar-refractivity contribution is 0.382. The third kappa shape index (κ3) is 4.37. The Morgan fingerprint density at radius 2 is 1.24 bits per heavy atom. The van der Waals surface area contributed by atoms with E-state index in [0.717, 1.165) is 10.8 Å². The van der Waals surface area contributed by atoms with Gasteiger partial charge in [0.1, 0.15) is 5.69 Å². The van der Waals surface area contributed by atoms with Crippen molar-refractivity contribution in [3.8, 4) is 11.1 Å². The summed E-state index contributed by atoms with van der Waals surface area (Å²) < 4.78 is 86.6. The van der Waals surface area contributed by atoms with Crippen LogP contribution >= 0.6 is 7.29 Å². The molecule has 0 amide bonds. The molecule has 2 nitrogen and oxygen atoms in total. The maximum atomic E-state index is 15.0. The van der Waals surface area contributed by atoms with Gasteiger partial charge in [-0.05, 0) is 60.0 Å². The van der Waals surface area contributed by atoms with Crippen LogP contribution in [0.2, 0.25) is 0 Å². The van der Waals surface area contributed by atoms with Crippen LogP contribution < -0.4 is 15.7 Å². The molecule has 0 bridgehead atoms. The van der Waals surface area contributed by atoms with Crippen molar-refractivity contribution in [2.24, 2.45) is 0 Å².